The molecule has 0 bridgehead atoms. The van der Waals surface area contributed by atoms with E-state index in [1.807, 2.05) is 30.3 Å². The molecule has 0 radical (unpaired) electrons. The monoisotopic (exact) mass is 417 g/mol. The van der Waals surface area contributed by atoms with Crippen LogP contribution in [0.1, 0.15) is 0 Å². The van der Waals surface area contributed by atoms with Crippen LogP contribution in [0, 0.1) is 0 Å². The van der Waals surface area contributed by atoms with Gasteiger partial charge in [0.15, 0.2) is 0 Å². The molecule has 3 nitrogen and oxygen atoms in total. The number of hydrogen-bond donors (Lipinski definition) is 1. The van der Waals surface area contributed by atoms with E-state index in [2.05, 4.69) is 31.9 Å². The lowest BCUT2D eigenvalue weighted by atomic mass is 10.3. The Kier molecular flexibility index (Phi) is 5.63. The molecule has 0 aromatic heterocycles. The standard InChI is InChI=1S/C14H13Br2NO2S/c15-10-1-4-12(5-2-10)19-7-8-20(18)14-6-3-11(16)9-13(14)17/h1-6,9H,7-8,17H2. The van der Waals surface area contributed by atoms with Crippen LogP contribution in [0.2, 0.25) is 0 Å². The maximum atomic E-state index is 12.1. The zero-order valence-corrected chi connectivity index (χ0v) is 14.5. The molecule has 0 aliphatic rings. The summed E-state index contributed by atoms with van der Waals surface area (Å²) in [5, 5.41) is 0. The van der Waals surface area contributed by atoms with Gasteiger partial charge in [-0.15, -0.1) is 0 Å². The summed E-state index contributed by atoms with van der Waals surface area (Å²) in [5.41, 5.74) is 6.38. The fourth-order valence-corrected chi connectivity index (χ4v) is 3.24. The van der Waals surface area contributed by atoms with Gasteiger partial charge in [-0.25, -0.2) is 0 Å². The Morgan fingerprint density at radius 3 is 2.35 bits per heavy atom. The van der Waals surface area contributed by atoms with Crippen molar-refractivity contribution in [1.82, 2.24) is 0 Å². The summed E-state index contributed by atoms with van der Waals surface area (Å²) >= 11 is 6.69. The molecule has 106 valence electrons. The molecule has 0 saturated heterocycles. The van der Waals surface area contributed by atoms with Crippen LogP contribution < -0.4 is 10.5 Å². The molecule has 0 aliphatic heterocycles. The normalized spacial score (nSPS) is 12.1. The Morgan fingerprint density at radius 1 is 1.05 bits per heavy atom. The minimum atomic E-state index is -1.16. The van der Waals surface area contributed by atoms with Crippen molar-refractivity contribution in [3.8, 4) is 5.75 Å². The van der Waals surface area contributed by atoms with Crippen molar-refractivity contribution >= 4 is 48.3 Å². The quantitative estimate of drug-likeness (QED) is 0.747. The Hall–Kier alpha value is -0.850. The van der Waals surface area contributed by atoms with Gasteiger partial charge in [-0.2, -0.15) is 0 Å². The van der Waals surface area contributed by atoms with E-state index in [1.165, 1.54) is 0 Å². The fraction of sp³-hybridized carbons (Fsp3) is 0.143. The van der Waals surface area contributed by atoms with Crippen molar-refractivity contribution < 1.29 is 8.95 Å². The van der Waals surface area contributed by atoms with Crippen LogP contribution in [-0.2, 0) is 10.8 Å². The lowest BCUT2D eigenvalue weighted by Crippen LogP contribution is -2.10. The van der Waals surface area contributed by atoms with Crippen LogP contribution in [0.5, 0.6) is 5.75 Å². The molecule has 2 aromatic rings. The zero-order valence-electron chi connectivity index (χ0n) is 10.5. The van der Waals surface area contributed by atoms with Gasteiger partial charge in [0.1, 0.15) is 12.4 Å². The van der Waals surface area contributed by atoms with Crippen molar-refractivity contribution in [2.24, 2.45) is 0 Å². The fourth-order valence-electron chi connectivity index (χ4n) is 1.60. The molecule has 20 heavy (non-hydrogen) atoms. The molecule has 0 heterocycles. The summed E-state index contributed by atoms with van der Waals surface area (Å²) in [6, 6.07) is 12.9. The van der Waals surface area contributed by atoms with E-state index in [-0.39, 0.29) is 0 Å². The van der Waals surface area contributed by atoms with Crippen molar-refractivity contribution in [3.63, 3.8) is 0 Å². The highest BCUT2D eigenvalue weighted by Gasteiger charge is 2.08. The second-order valence-electron chi connectivity index (χ2n) is 4.03. The molecular weight excluding hydrogens is 406 g/mol. The van der Waals surface area contributed by atoms with Gasteiger partial charge in [0.05, 0.1) is 21.4 Å². The predicted molar refractivity (Wildman–Crippen MR) is 89.5 cm³/mol. The van der Waals surface area contributed by atoms with Gasteiger partial charge < -0.3 is 10.5 Å². The largest absolute Gasteiger partial charge is 0.493 e. The molecule has 1 atom stereocenters. The van der Waals surface area contributed by atoms with Gasteiger partial charge >= 0.3 is 0 Å². The first-order valence-corrected chi connectivity index (χ1v) is 8.78. The summed E-state index contributed by atoms with van der Waals surface area (Å²) in [5.74, 6) is 1.16. The summed E-state index contributed by atoms with van der Waals surface area (Å²) in [6.07, 6.45) is 0. The lowest BCUT2D eigenvalue weighted by Gasteiger charge is -2.08. The molecular formula is C14H13Br2NO2S. The van der Waals surface area contributed by atoms with Crippen LogP contribution in [0.15, 0.2) is 56.3 Å². The van der Waals surface area contributed by atoms with E-state index < -0.39 is 10.8 Å². The van der Waals surface area contributed by atoms with Crippen molar-refractivity contribution in [2.45, 2.75) is 4.90 Å². The van der Waals surface area contributed by atoms with Crippen LogP contribution in [-0.4, -0.2) is 16.6 Å². The second-order valence-corrected chi connectivity index (χ2v) is 7.40. The molecule has 1 unspecified atom stereocenters. The second kappa shape index (κ2) is 7.24. The highest BCUT2D eigenvalue weighted by molar-refractivity contribution is 9.10. The molecule has 2 aromatic carbocycles. The number of ether oxygens (including phenoxy) is 1. The van der Waals surface area contributed by atoms with Gasteiger partial charge in [-0.1, -0.05) is 31.9 Å². The van der Waals surface area contributed by atoms with Gasteiger partial charge in [-0.3, -0.25) is 4.21 Å². The minimum absolute atomic E-state index is 0.379. The Bertz CT molecular complexity index is 617. The number of anilines is 1. The van der Waals surface area contributed by atoms with Crippen molar-refractivity contribution in [1.29, 1.82) is 0 Å². The Labute approximate surface area is 137 Å². The number of benzene rings is 2. The number of nitrogen functional groups attached to an aromatic ring is 1. The zero-order chi connectivity index (χ0) is 14.5. The van der Waals surface area contributed by atoms with Crippen LogP contribution in [0.25, 0.3) is 0 Å². The maximum absolute atomic E-state index is 12.1. The Morgan fingerprint density at radius 2 is 1.70 bits per heavy atom. The summed E-state index contributed by atoms with van der Waals surface area (Å²) < 4.78 is 19.6. The van der Waals surface area contributed by atoms with E-state index in [4.69, 9.17) is 10.5 Å². The molecule has 2 N–H and O–H groups in total. The van der Waals surface area contributed by atoms with E-state index in [1.54, 1.807) is 12.1 Å². The highest BCUT2D eigenvalue weighted by Crippen LogP contribution is 2.22. The summed E-state index contributed by atoms with van der Waals surface area (Å²) in [6.45, 7) is 0.379. The molecule has 6 heteroatoms. The highest BCUT2D eigenvalue weighted by atomic mass is 79.9. The molecule has 0 aliphatic carbocycles. The molecule has 2 rings (SSSR count). The topological polar surface area (TPSA) is 52.3 Å². The number of hydrogen-bond acceptors (Lipinski definition) is 3. The third kappa shape index (κ3) is 4.33. The third-order valence-electron chi connectivity index (χ3n) is 2.57. The molecule has 0 fully saturated rings. The minimum Gasteiger partial charge on any atom is -0.493 e. The maximum Gasteiger partial charge on any atom is 0.119 e. The number of nitrogens with two attached hydrogens (primary N) is 1. The molecule has 0 saturated carbocycles. The average molecular weight is 419 g/mol. The van der Waals surface area contributed by atoms with Gasteiger partial charge in [0, 0.05) is 14.6 Å². The van der Waals surface area contributed by atoms with Crippen LogP contribution in [0.4, 0.5) is 5.69 Å². The summed E-state index contributed by atoms with van der Waals surface area (Å²) in [4.78, 5) is 0.646. The Balaban J connectivity index is 1.90. The van der Waals surface area contributed by atoms with Gasteiger partial charge in [0.2, 0.25) is 0 Å². The third-order valence-corrected chi connectivity index (χ3v) is 4.99. The van der Waals surface area contributed by atoms with Crippen molar-refractivity contribution in [2.75, 3.05) is 18.1 Å². The molecule has 0 spiro atoms. The number of halogens is 2. The molecule has 0 amide bonds. The lowest BCUT2D eigenvalue weighted by molar-refractivity contribution is 0.342. The SMILES string of the molecule is Nc1cc(Br)ccc1S(=O)CCOc1ccc(Br)cc1. The van der Waals surface area contributed by atoms with Crippen LogP contribution >= 0.6 is 31.9 Å². The van der Waals surface area contributed by atoms with E-state index in [0.717, 1.165) is 14.7 Å². The summed E-state index contributed by atoms with van der Waals surface area (Å²) in [7, 11) is -1.16. The van der Waals surface area contributed by atoms with Gasteiger partial charge in [0.25, 0.3) is 0 Å². The number of rotatable bonds is 5. The van der Waals surface area contributed by atoms with E-state index >= 15 is 0 Å². The van der Waals surface area contributed by atoms with Crippen LogP contribution in [0.3, 0.4) is 0 Å². The average Bonchev–Trinajstić information content (AvgIpc) is 2.41. The van der Waals surface area contributed by atoms with E-state index in [9.17, 15) is 4.21 Å². The predicted octanol–water partition coefficient (Wildman–Crippen LogP) is 3.98. The first-order chi connectivity index (χ1) is 9.56. The first kappa shape index (κ1) is 15.5. The van der Waals surface area contributed by atoms with E-state index in [0.29, 0.717) is 22.9 Å². The first-order valence-electron chi connectivity index (χ1n) is 5.88. The van der Waals surface area contributed by atoms with Crippen molar-refractivity contribution in [3.05, 3.63) is 51.4 Å². The van der Waals surface area contributed by atoms with Gasteiger partial charge in [-0.05, 0) is 42.5 Å². The smallest absolute Gasteiger partial charge is 0.119 e.